The van der Waals surface area contributed by atoms with Gasteiger partial charge in [-0.15, -0.1) is 0 Å². The zero-order valence-corrected chi connectivity index (χ0v) is 35.8. The number of esters is 3. The first-order valence-corrected chi connectivity index (χ1v) is 23.0. The van der Waals surface area contributed by atoms with Gasteiger partial charge in [0.05, 0.1) is 35.9 Å². The lowest BCUT2D eigenvalue weighted by Gasteiger charge is -2.67. The summed E-state index contributed by atoms with van der Waals surface area (Å²) in [6.45, 7) is 10.8. The van der Waals surface area contributed by atoms with Gasteiger partial charge in [-0.25, -0.2) is 0 Å². The molecule has 14 unspecified atom stereocenters. The molecule has 2 saturated heterocycles. The quantitative estimate of drug-likeness (QED) is 0.0464. The SMILES string of the molecule is CCC/C=C/C(CCC(CCCCCCCCC(=O)O)OC1CC(C(C)C)C2CC3C4(C)CCCC(C)(C(=O)O)C4CCC13C1C(=O)OC(O)C21)C1CC(=O)OC1=O. The van der Waals surface area contributed by atoms with E-state index in [-0.39, 0.29) is 77.9 Å². The van der Waals surface area contributed by atoms with E-state index in [0.29, 0.717) is 38.5 Å². The van der Waals surface area contributed by atoms with Crippen LogP contribution in [0, 0.1) is 69.5 Å². The number of carbonyl (C=O) groups excluding carboxylic acids is 3. The number of unbranched alkanes of at least 4 members (excludes halogenated alkanes) is 6. The fourth-order valence-electron chi connectivity index (χ4n) is 13.9. The van der Waals surface area contributed by atoms with Crippen LogP contribution < -0.4 is 0 Å². The Kier molecular flexibility index (Phi) is 14.2. The average Bonchev–Trinajstić information content (AvgIpc) is 3.57. The van der Waals surface area contributed by atoms with E-state index in [4.69, 9.17) is 19.3 Å². The van der Waals surface area contributed by atoms with Crippen molar-refractivity contribution in [1.29, 1.82) is 0 Å². The summed E-state index contributed by atoms with van der Waals surface area (Å²) in [6.07, 6.45) is 17.3. The molecule has 2 heterocycles. The minimum absolute atomic E-state index is 0.0195. The normalized spacial score (nSPS) is 39.2. The molecule has 7 rings (SSSR count). The number of carboxylic acids is 2. The number of allylic oxidation sites excluding steroid dienone is 2. The second-order valence-electron chi connectivity index (χ2n) is 20.1. The lowest BCUT2D eigenvalue weighted by atomic mass is 9.37. The summed E-state index contributed by atoms with van der Waals surface area (Å²) in [5, 5.41) is 31.3. The molecule has 58 heavy (non-hydrogen) atoms. The number of fused-ring (bicyclic) bond motifs is 3. The molecular formula is C47H72O11. The first kappa shape index (κ1) is 44.8. The standard InChI is InChI=1S/C47H72O11/c1-6-7-12-16-29(32-27-38(50)57-41(32)51)19-20-30(17-13-10-8-9-11-14-18-37(48)49)56-36-26-31(28(2)3)33-25-35-45(4)22-15-23-46(5,44(54)55)34(45)21-24-47(35,36)40-39(33)42(52)58-43(40)53/h12,16,28-36,39-40,42,52H,6-11,13-15,17-27H2,1-5H3,(H,48,49)(H,54,55)/b16-12+. The summed E-state index contributed by atoms with van der Waals surface area (Å²) < 4.78 is 18.5. The van der Waals surface area contributed by atoms with Crippen molar-refractivity contribution in [2.24, 2.45) is 69.5 Å². The Bertz CT molecular complexity index is 1540. The van der Waals surface area contributed by atoms with Gasteiger partial charge in [0, 0.05) is 17.8 Å². The summed E-state index contributed by atoms with van der Waals surface area (Å²) in [7, 11) is 0. The summed E-state index contributed by atoms with van der Waals surface area (Å²) in [6, 6.07) is 0. The number of hydrogen-bond donors (Lipinski definition) is 3. The van der Waals surface area contributed by atoms with Gasteiger partial charge in [-0.05, 0) is 118 Å². The molecule has 2 bridgehead atoms. The maximum atomic E-state index is 14.3. The highest BCUT2D eigenvalue weighted by Crippen LogP contribution is 2.75. The molecule has 0 aromatic heterocycles. The van der Waals surface area contributed by atoms with E-state index in [1.165, 1.54) is 0 Å². The van der Waals surface area contributed by atoms with Crippen LogP contribution in [0.1, 0.15) is 163 Å². The second-order valence-corrected chi connectivity index (χ2v) is 20.1. The number of hydrogen-bond acceptors (Lipinski definition) is 9. The van der Waals surface area contributed by atoms with Crippen LogP contribution in [0.2, 0.25) is 0 Å². The van der Waals surface area contributed by atoms with E-state index >= 15 is 0 Å². The fourth-order valence-corrected chi connectivity index (χ4v) is 13.9. The lowest BCUT2D eigenvalue weighted by Crippen LogP contribution is -2.66. The van der Waals surface area contributed by atoms with Crippen molar-refractivity contribution in [3.8, 4) is 0 Å². The molecule has 0 aromatic carbocycles. The Labute approximate surface area is 345 Å². The molecule has 0 aromatic rings. The molecule has 0 radical (unpaired) electrons. The summed E-state index contributed by atoms with van der Waals surface area (Å²) in [5.41, 5.74) is -1.83. The zero-order valence-electron chi connectivity index (χ0n) is 35.8. The molecule has 11 nitrogen and oxygen atoms in total. The molecule has 7 fully saturated rings. The van der Waals surface area contributed by atoms with Gasteiger partial charge >= 0.3 is 29.8 Å². The topological polar surface area (TPSA) is 174 Å². The molecule has 0 amide bonds. The Morgan fingerprint density at radius 1 is 0.914 bits per heavy atom. The van der Waals surface area contributed by atoms with Crippen molar-refractivity contribution in [1.82, 2.24) is 0 Å². The molecule has 2 aliphatic heterocycles. The van der Waals surface area contributed by atoms with Crippen LogP contribution in [0.25, 0.3) is 0 Å². The van der Waals surface area contributed by atoms with Crippen molar-refractivity contribution in [2.75, 3.05) is 0 Å². The number of aliphatic carboxylic acids is 2. The van der Waals surface area contributed by atoms with Crippen LogP contribution in [0.4, 0.5) is 0 Å². The summed E-state index contributed by atoms with van der Waals surface area (Å²) in [4.78, 5) is 63.5. The number of aliphatic hydroxyl groups excluding tert-OH is 1. The number of carboxylic acid groups (broad SMARTS) is 2. The molecule has 5 saturated carbocycles. The van der Waals surface area contributed by atoms with E-state index in [1.807, 2.05) is 6.92 Å². The molecule has 3 N–H and O–H groups in total. The van der Waals surface area contributed by atoms with Gasteiger partial charge in [-0.3, -0.25) is 24.0 Å². The third-order valence-corrected chi connectivity index (χ3v) is 16.7. The summed E-state index contributed by atoms with van der Waals surface area (Å²) in [5.74, 6) is -3.94. The Hall–Kier alpha value is -2.79. The van der Waals surface area contributed by atoms with Crippen molar-refractivity contribution in [3.63, 3.8) is 0 Å². The number of cyclic esters (lactones) is 3. The van der Waals surface area contributed by atoms with Crippen molar-refractivity contribution in [2.45, 2.75) is 182 Å². The molecule has 5 aliphatic carbocycles. The molecule has 1 spiro atoms. The highest BCUT2D eigenvalue weighted by atomic mass is 16.6. The molecule has 7 aliphatic rings. The van der Waals surface area contributed by atoms with Gasteiger partial charge < -0.3 is 29.5 Å². The van der Waals surface area contributed by atoms with Crippen molar-refractivity contribution in [3.05, 3.63) is 12.2 Å². The first-order valence-electron chi connectivity index (χ1n) is 23.0. The molecular weight excluding hydrogens is 741 g/mol. The Balaban J connectivity index is 1.34. The van der Waals surface area contributed by atoms with E-state index in [2.05, 4.69) is 39.8 Å². The maximum absolute atomic E-state index is 14.3. The van der Waals surface area contributed by atoms with Gasteiger partial charge in [-0.1, -0.05) is 84.8 Å². The number of ether oxygens (including phenoxy) is 3. The average molecular weight is 813 g/mol. The van der Waals surface area contributed by atoms with Gasteiger partial charge in [0.2, 0.25) is 6.29 Å². The minimum atomic E-state index is -1.17. The number of aliphatic hydroxyl groups is 1. The highest BCUT2D eigenvalue weighted by Gasteiger charge is 2.75. The van der Waals surface area contributed by atoms with Crippen LogP contribution in [0.5, 0.6) is 0 Å². The van der Waals surface area contributed by atoms with Crippen molar-refractivity contribution >= 4 is 29.8 Å². The molecule has 11 heteroatoms. The summed E-state index contributed by atoms with van der Waals surface area (Å²) >= 11 is 0. The third-order valence-electron chi connectivity index (χ3n) is 16.7. The van der Waals surface area contributed by atoms with E-state index in [0.717, 1.165) is 77.0 Å². The van der Waals surface area contributed by atoms with Gasteiger partial charge in [0.15, 0.2) is 0 Å². The van der Waals surface area contributed by atoms with E-state index in [9.17, 15) is 34.2 Å². The Morgan fingerprint density at radius 2 is 1.64 bits per heavy atom. The predicted octanol–water partition coefficient (Wildman–Crippen LogP) is 8.89. The van der Waals surface area contributed by atoms with Crippen LogP contribution in [0.3, 0.4) is 0 Å². The maximum Gasteiger partial charge on any atom is 0.317 e. The van der Waals surface area contributed by atoms with E-state index in [1.54, 1.807) is 0 Å². The lowest BCUT2D eigenvalue weighted by molar-refractivity contribution is -0.236. The third kappa shape index (κ3) is 8.55. The first-order chi connectivity index (χ1) is 27.6. The zero-order chi connectivity index (χ0) is 42.0. The Morgan fingerprint density at radius 3 is 2.29 bits per heavy atom. The minimum Gasteiger partial charge on any atom is -0.481 e. The number of rotatable bonds is 20. The molecule has 326 valence electrons. The smallest absolute Gasteiger partial charge is 0.317 e. The monoisotopic (exact) mass is 813 g/mol. The van der Waals surface area contributed by atoms with Crippen LogP contribution in [0.15, 0.2) is 12.2 Å². The van der Waals surface area contributed by atoms with Crippen LogP contribution >= 0.6 is 0 Å². The van der Waals surface area contributed by atoms with Crippen LogP contribution in [-0.2, 0) is 38.2 Å². The number of carbonyl (C=O) groups is 5. The van der Waals surface area contributed by atoms with Crippen molar-refractivity contribution < 1.29 is 53.5 Å². The predicted molar refractivity (Wildman–Crippen MR) is 216 cm³/mol. The fraction of sp³-hybridized carbons (Fsp3) is 0.851. The molecule has 14 atom stereocenters. The highest BCUT2D eigenvalue weighted by molar-refractivity contribution is 5.94. The van der Waals surface area contributed by atoms with Gasteiger partial charge in [-0.2, -0.15) is 0 Å². The largest absolute Gasteiger partial charge is 0.481 e. The van der Waals surface area contributed by atoms with Gasteiger partial charge in [0.1, 0.15) is 0 Å². The second kappa shape index (κ2) is 18.4. The van der Waals surface area contributed by atoms with Crippen LogP contribution in [-0.4, -0.2) is 63.7 Å². The van der Waals surface area contributed by atoms with Gasteiger partial charge in [0.25, 0.3) is 0 Å². The van der Waals surface area contributed by atoms with E-state index < -0.39 is 52.8 Å².